The van der Waals surface area contributed by atoms with Crippen molar-refractivity contribution < 1.29 is 14.4 Å². The van der Waals surface area contributed by atoms with E-state index < -0.39 is 22.2 Å². The number of aromatic hydroxyl groups is 1. The summed E-state index contributed by atoms with van der Waals surface area (Å²) in [5.74, 6) is -1.36. The summed E-state index contributed by atoms with van der Waals surface area (Å²) in [6.07, 6.45) is 0. The predicted molar refractivity (Wildman–Crippen MR) is 46.1 cm³/mol. The molecular weight excluding hydrogens is 177 g/mol. The molecule has 4 nitrogen and oxygen atoms in total. The molecule has 0 heterocycles. The van der Waals surface area contributed by atoms with Crippen molar-refractivity contribution in [3.63, 3.8) is 0 Å². The molecule has 13 heavy (non-hydrogen) atoms. The van der Waals surface area contributed by atoms with Gasteiger partial charge in [-0.1, -0.05) is 13.8 Å². The summed E-state index contributed by atoms with van der Waals surface area (Å²) >= 11 is 0. The van der Waals surface area contributed by atoms with Gasteiger partial charge in [0.25, 0.3) is 0 Å². The summed E-state index contributed by atoms with van der Waals surface area (Å²) in [7, 11) is 0. The van der Waals surface area contributed by atoms with E-state index in [4.69, 9.17) is 5.11 Å². The molecule has 0 unspecified atom stereocenters. The summed E-state index contributed by atoms with van der Waals surface area (Å²) in [4.78, 5) is 9.27. The van der Waals surface area contributed by atoms with Crippen LogP contribution in [0.1, 0.15) is 13.8 Å². The number of halogens is 1. The van der Waals surface area contributed by atoms with Crippen LogP contribution in [0.4, 0.5) is 10.1 Å². The van der Waals surface area contributed by atoms with Crippen molar-refractivity contribution >= 4 is 5.69 Å². The number of nitrogens with zero attached hydrogens (tertiary/aromatic N) is 1. The molecule has 0 fully saturated rings. The van der Waals surface area contributed by atoms with E-state index >= 15 is 0 Å². The first kappa shape index (κ1) is 11.4. The molecule has 0 atom stereocenters. The van der Waals surface area contributed by atoms with Crippen molar-refractivity contribution in [2.24, 2.45) is 0 Å². The topological polar surface area (TPSA) is 63.4 Å². The third kappa shape index (κ3) is 3.06. The average molecular weight is 187 g/mol. The van der Waals surface area contributed by atoms with Crippen LogP contribution >= 0.6 is 0 Å². The highest BCUT2D eigenvalue weighted by Crippen LogP contribution is 2.25. The minimum atomic E-state index is -0.783. The zero-order chi connectivity index (χ0) is 10.4. The Morgan fingerprint density at radius 3 is 2.38 bits per heavy atom. The molecule has 1 N–H and O–H groups in total. The fourth-order valence-corrected chi connectivity index (χ4v) is 0.651. The summed E-state index contributed by atoms with van der Waals surface area (Å²) < 4.78 is 12.2. The Labute approximate surface area is 74.8 Å². The Balaban J connectivity index is 0.000000671. The fraction of sp³-hybridized carbons (Fsp3) is 0.250. The van der Waals surface area contributed by atoms with Crippen LogP contribution in [-0.4, -0.2) is 10.0 Å². The Morgan fingerprint density at radius 2 is 2.00 bits per heavy atom. The molecule has 0 spiro atoms. The molecule has 0 radical (unpaired) electrons. The van der Waals surface area contributed by atoms with Gasteiger partial charge in [0.15, 0.2) is 5.75 Å². The minimum absolute atomic E-state index is 0.494. The van der Waals surface area contributed by atoms with Gasteiger partial charge in [-0.2, -0.15) is 0 Å². The van der Waals surface area contributed by atoms with Crippen molar-refractivity contribution in [1.29, 1.82) is 0 Å². The molecular formula is C8H10FNO3. The van der Waals surface area contributed by atoms with Gasteiger partial charge in [0.05, 0.1) is 4.92 Å². The number of nitro benzene ring substituents is 1. The van der Waals surface area contributed by atoms with Crippen LogP contribution in [0, 0.1) is 15.9 Å². The SMILES string of the molecule is CC.O=[N+]([O-])c1ccc(F)cc1O. The monoisotopic (exact) mass is 187 g/mol. The summed E-state index contributed by atoms with van der Waals surface area (Å²) in [5.41, 5.74) is -0.494. The van der Waals surface area contributed by atoms with Crippen LogP contribution in [0.25, 0.3) is 0 Å². The summed E-state index contributed by atoms with van der Waals surface area (Å²) in [6.45, 7) is 4.00. The van der Waals surface area contributed by atoms with Gasteiger partial charge in [0, 0.05) is 12.1 Å². The summed E-state index contributed by atoms with van der Waals surface area (Å²) in [5, 5.41) is 18.8. The molecule has 0 aliphatic heterocycles. The average Bonchev–Trinajstić information content (AvgIpc) is 2.07. The lowest BCUT2D eigenvalue weighted by Gasteiger charge is -1.93. The molecule has 0 aliphatic rings. The van der Waals surface area contributed by atoms with Gasteiger partial charge >= 0.3 is 5.69 Å². The number of nitro groups is 1. The maximum Gasteiger partial charge on any atom is 0.310 e. The van der Waals surface area contributed by atoms with Gasteiger partial charge in [0.1, 0.15) is 5.82 Å². The van der Waals surface area contributed by atoms with Crippen molar-refractivity contribution in [1.82, 2.24) is 0 Å². The van der Waals surface area contributed by atoms with Crippen molar-refractivity contribution in [2.45, 2.75) is 13.8 Å². The second kappa shape index (κ2) is 5.08. The van der Waals surface area contributed by atoms with E-state index in [0.717, 1.165) is 12.1 Å². The number of phenols is 1. The molecule has 72 valence electrons. The number of phenolic OH excluding ortho intramolecular Hbond substituents is 1. The molecule has 0 aliphatic carbocycles. The molecule has 0 aromatic heterocycles. The van der Waals surface area contributed by atoms with Crippen molar-refractivity contribution in [2.75, 3.05) is 0 Å². The normalized spacial score (nSPS) is 8.54. The molecule has 5 heteroatoms. The van der Waals surface area contributed by atoms with E-state index in [9.17, 15) is 14.5 Å². The second-order valence-corrected chi connectivity index (χ2v) is 1.89. The maximum absolute atomic E-state index is 12.2. The first-order valence-corrected chi connectivity index (χ1v) is 3.74. The molecule has 0 amide bonds. The zero-order valence-corrected chi connectivity index (χ0v) is 7.32. The third-order valence-corrected chi connectivity index (χ3v) is 1.13. The Bertz CT molecular complexity index is 301. The molecule has 1 rings (SSSR count). The lowest BCUT2D eigenvalue weighted by molar-refractivity contribution is -0.385. The lowest BCUT2D eigenvalue weighted by Crippen LogP contribution is -1.88. The molecule has 0 bridgehead atoms. The van der Waals surface area contributed by atoms with Crippen molar-refractivity contribution in [3.8, 4) is 5.75 Å². The van der Waals surface area contributed by atoms with E-state index in [1.807, 2.05) is 13.8 Å². The zero-order valence-electron chi connectivity index (χ0n) is 7.32. The van der Waals surface area contributed by atoms with E-state index in [0.29, 0.717) is 6.07 Å². The predicted octanol–water partition coefficient (Wildman–Crippen LogP) is 2.47. The number of hydrogen-bond donors (Lipinski definition) is 1. The number of rotatable bonds is 1. The highest BCUT2D eigenvalue weighted by atomic mass is 19.1. The maximum atomic E-state index is 12.2. The third-order valence-electron chi connectivity index (χ3n) is 1.13. The van der Waals surface area contributed by atoms with Crippen LogP contribution in [0.5, 0.6) is 5.75 Å². The fourth-order valence-electron chi connectivity index (χ4n) is 0.651. The van der Waals surface area contributed by atoms with Gasteiger partial charge in [-0.05, 0) is 6.07 Å². The molecule has 1 aromatic carbocycles. The summed E-state index contributed by atoms with van der Waals surface area (Å²) in [6, 6.07) is 2.51. The Morgan fingerprint density at radius 1 is 1.46 bits per heavy atom. The van der Waals surface area contributed by atoms with Crippen LogP contribution in [0.15, 0.2) is 18.2 Å². The van der Waals surface area contributed by atoms with E-state index in [2.05, 4.69) is 0 Å². The van der Waals surface area contributed by atoms with Gasteiger partial charge in [-0.3, -0.25) is 10.1 Å². The largest absolute Gasteiger partial charge is 0.502 e. The van der Waals surface area contributed by atoms with Crippen LogP contribution in [0.2, 0.25) is 0 Å². The highest BCUT2D eigenvalue weighted by Gasteiger charge is 2.12. The van der Waals surface area contributed by atoms with Gasteiger partial charge in [-0.15, -0.1) is 0 Å². The second-order valence-electron chi connectivity index (χ2n) is 1.89. The molecule has 0 saturated heterocycles. The van der Waals surface area contributed by atoms with Crippen molar-refractivity contribution in [3.05, 3.63) is 34.1 Å². The first-order valence-electron chi connectivity index (χ1n) is 3.74. The molecule has 1 aromatic rings. The van der Waals surface area contributed by atoms with Crippen LogP contribution in [0.3, 0.4) is 0 Å². The Kier molecular flexibility index (Phi) is 4.43. The van der Waals surface area contributed by atoms with E-state index in [1.54, 1.807) is 0 Å². The highest BCUT2D eigenvalue weighted by molar-refractivity contribution is 5.44. The van der Waals surface area contributed by atoms with Crippen LogP contribution in [-0.2, 0) is 0 Å². The number of hydrogen-bond acceptors (Lipinski definition) is 3. The first-order chi connectivity index (χ1) is 6.11. The quantitative estimate of drug-likeness (QED) is 0.542. The minimum Gasteiger partial charge on any atom is -0.502 e. The van der Waals surface area contributed by atoms with E-state index in [-0.39, 0.29) is 0 Å². The lowest BCUT2D eigenvalue weighted by atomic mass is 10.3. The molecule has 0 saturated carbocycles. The van der Waals surface area contributed by atoms with Crippen LogP contribution < -0.4 is 0 Å². The smallest absolute Gasteiger partial charge is 0.310 e. The van der Waals surface area contributed by atoms with E-state index in [1.165, 1.54) is 0 Å². The van der Waals surface area contributed by atoms with Gasteiger partial charge < -0.3 is 5.11 Å². The number of benzene rings is 1. The van der Waals surface area contributed by atoms with Gasteiger partial charge in [-0.25, -0.2) is 4.39 Å². The standard InChI is InChI=1S/C6H4FNO3.C2H6/c7-4-1-2-5(8(10)11)6(9)3-4;1-2/h1-3,9H;1-2H3. The Hall–Kier alpha value is -1.65. The van der Waals surface area contributed by atoms with Gasteiger partial charge in [0.2, 0.25) is 0 Å².